The van der Waals surface area contributed by atoms with Crippen LogP contribution in [0.4, 0.5) is 17.6 Å². The second kappa shape index (κ2) is 8.50. The number of rotatable bonds is 6. The minimum absolute atomic E-state index is 0.0894. The summed E-state index contributed by atoms with van der Waals surface area (Å²) in [7, 11) is 0. The summed E-state index contributed by atoms with van der Waals surface area (Å²) in [5.74, 6) is 2.21. The average molecular weight is 420 g/mol. The highest BCUT2D eigenvalue weighted by Crippen LogP contribution is 2.20. The lowest BCUT2D eigenvalue weighted by atomic mass is 10.2. The zero-order valence-electron chi connectivity index (χ0n) is 16.7. The van der Waals surface area contributed by atoms with Crippen molar-refractivity contribution in [2.45, 2.75) is 25.4 Å². The van der Waals surface area contributed by atoms with Gasteiger partial charge in [-0.05, 0) is 37.1 Å². The predicted octanol–water partition coefficient (Wildman–Crippen LogP) is 3.26. The molecule has 0 atom stereocenters. The van der Waals surface area contributed by atoms with Crippen LogP contribution in [0.25, 0.3) is 5.65 Å². The molecule has 4 aromatic rings. The Labute approximate surface area is 177 Å². The molecule has 0 saturated carbocycles. The average Bonchev–Trinajstić information content (AvgIpc) is 2.70. The van der Waals surface area contributed by atoms with Gasteiger partial charge in [0.05, 0.1) is 11.4 Å². The fraction of sp³-hybridized carbons (Fsp3) is 0.190. The Bertz CT molecular complexity index is 1270. The first-order valence-corrected chi connectivity index (χ1v) is 10.5. The van der Waals surface area contributed by atoms with E-state index in [1.54, 1.807) is 28.4 Å². The van der Waals surface area contributed by atoms with Gasteiger partial charge in [-0.3, -0.25) is 9.20 Å². The molecule has 3 N–H and O–H groups in total. The molecule has 0 saturated heterocycles. The lowest BCUT2D eigenvalue weighted by Gasteiger charge is -2.09. The fourth-order valence-corrected chi connectivity index (χ4v) is 3.74. The molecule has 8 nitrogen and oxygen atoms in total. The van der Waals surface area contributed by atoms with Gasteiger partial charge >= 0.3 is 0 Å². The van der Waals surface area contributed by atoms with Crippen LogP contribution in [-0.2, 0) is 11.5 Å². The lowest BCUT2D eigenvalue weighted by molar-refractivity contribution is 0.978. The molecule has 0 aliphatic heterocycles. The van der Waals surface area contributed by atoms with Crippen molar-refractivity contribution in [3.05, 3.63) is 81.7 Å². The van der Waals surface area contributed by atoms with Crippen LogP contribution in [-0.4, -0.2) is 24.3 Å². The topological polar surface area (TPSA) is 111 Å². The van der Waals surface area contributed by atoms with E-state index in [0.717, 1.165) is 16.8 Å². The van der Waals surface area contributed by atoms with Gasteiger partial charge in [0.15, 0.2) is 0 Å². The Kier molecular flexibility index (Phi) is 5.62. The summed E-state index contributed by atoms with van der Waals surface area (Å²) in [5.41, 5.74) is 10.1. The van der Waals surface area contributed by atoms with Crippen LogP contribution < -0.4 is 16.6 Å². The SMILES string of the molecule is Cc1ccc2nc(CSCc3nc(N)nc(Nc4ccccc4C)n3)cc(=O)n2c1. The molecular formula is C21H21N7OS. The molecule has 3 aromatic heterocycles. The largest absolute Gasteiger partial charge is 0.368 e. The standard InChI is InChI=1S/C21H21N7OS/c1-13-7-8-18-23-15(9-19(29)28(18)10-13)11-30-12-17-25-20(22)27-21(26-17)24-16-6-4-3-5-14(16)2/h3-10H,11-12H2,1-2H3,(H3,22,24,25,26,27). The van der Waals surface area contributed by atoms with E-state index >= 15 is 0 Å². The van der Waals surface area contributed by atoms with Crippen LogP contribution in [0.1, 0.15) is 22.6 Å². The second-order valence-corrected chi connectivity index (χ2v) is 7.87. The van der Waals surface area contributed by atoms with E-state index in [2.05, 4.69) is 25.3 Å². The van der Waals surface area contributed by atoms with Crippen molar-refractivity contribution in [2.75, 3.05) is 11.1 Å². The number of aromatic nitrogens is 5. The number of fused-ring (bicyclic) bond motifs is 1. The van der Waals surface area contributed by atoms with E-state index in [9.17, 15) is 4.79 Å². The number of benzene rings is 1. The summed E-state index contributed by atoms with van der Waals surface area (Å²) < 4.78 is 1.56. The van der Waals surface area contributed by atoms with E-state index in [4.69, 9.17) is 5.73 Å². The van der Waals surface area contributed by atoms with Gasteiger partial charge in [0, 0.05) is 23.7 Å². The minimum Gasteiger partial charge on any atom is -0.368 e. The van der Waals surface area contributed by atoms with Gasteiger partial charge in [0.2, 0.25) is 11.9 Å². The second-order valence-electron chi connectivity index (χ2n) is 6.89. The molecule has 0 amide bonds. The number of nitrogen functional groups attached to an aromatic ring is 1. The maximum atomic E-state index is 12.3. The third-order valence-corrected chi connectivity index (χ3v) is 5.39. The number of hydrogen-bond acceptors (Lipinski definition) is 8. The Hall–Kier alpha value is -3.46. The third kappa shape index (κ3) is 4.57. The van der Waals surface area contributed by atoms with E-state index in [0.29, 0.717) is 34.6 Å². The predicted molar refractivity (Wildman–Crippen MR) is 120 cm³/mol. The summed E-state index contributed by atoms with van der Waals surface area (Å²) in [5, 5.41) is 3.19. The number of nitrogens with one attached hydrogen (secondary N) is 1. The monoisotopic (exact) mass is 419 g/mol. The van der Waals surface area contributed by atoms with Crippen molar-refractivity contribution >= 4 is 35.0 Å². The van der Waals surface area contributed by atoms with E-state index < -0.39 is 0 Å². The first-order chi connectivity index (χ1) is 14.5. The van der Waals surface area contributed by atoms with Crippen LogP contribution in [0.5, 0.6) is 0 Å². The fourth-order valence-electron chi connectivity index (χ4n) is 2.97. The Morgan fingerprint density at radius 3 is 2.70 bits per heavy atom. The third-order valence-electron chi connectivity index (χ3n) is 4.43. The molecule has 1 aromatic carbocycles. The van der Waals surface area contributed by atoms with Crippen molar-refractivity contribution < 1.29 is 0 Å². The number of nitrogens with two attached hydrogens (primary N) is 1. The van der Waals surface area contributed by atoms with Gasteiger partial charge in [-0.2, -0.15) is 15.0 Å². The molecule has 0 spiro atoms. The molecular weight excluding hydrogens is 398 g/mol. The summed E-state index contributed by atoms with van der Waals surface area (Å²) in [6, 6.07) is 13.2. The number of para-hydroxylation sites is 1. The highest BCUT2D eigenvalue weighted by molar-refractivity contribution is 7.97. The maximum Gasteiger partial charge on any atom is 0.258 e. The maximum absolute atomic E-state index is 12.3. The Morgan fingerprint density at radius 1 is 1.03 bits per heavy atom. The molecule has 0 radical (unpaired) electrons. The summed E-state index contributed by atoms with van der Waals surface area (Å²) in [6.45, 7) is 3.95. The number of thioether (sulfide) groups is 1. The van der Waals surface area contributed by atoms with Crippen molar-refractivity contribution in [3.63, 3.8) is 0 Å². The highest BCUT2D eigenvalue weighted by atomic mass is 32.2. The van der Waals surface area contributed by atoms with E-state index in [1.165, 1.54) is 0 Å². The van der Waals surface area contributed by atoms with Gasteiger partial charge < -0.3 is 11.1 Å². The van der Waals surface area contributed by atoms with Gasteiger partial charge in [0.25, 0.3) is 5.56 Å². The number of anilines is 3. The van der Waals surface area contributed by atoms with Crippen molar-refractivity contribution in [2.24, 2.45) is 0 Å². The van der Waals surface area contributed by atoms with Crippen molar-refractivity contribution in [1.82, 2.24) is 24.3 Å². The van der Waals surface area contributed by atoms with Gasteiger partial charge in [0.1, 0.15) is 11.5 Å². The van der Waals surface area contributed by atoms with Crippen LogP contribution >= 0.6 is 11.8 Å². The minimum atomic E-state index is -0.0894. The van der Waals surface area contributed by atoms with Gasteiger partial charge in [-0.25, -0.2) is 4.98 Å². The number of nitrogens with zero attached hydrogens (tertiary/aromatic N) is 5. The van der Waals surface area contributed by atoms with Crippen molar-refractivity contribution in [3.8, 4) is 0 Å². The summed E-state index contributed by atoms with van der Waals surface area (Å²) in [4.78, 5) is 29.7. The Balaban J connectivity index is 1.46. The molecule has 0 aliphatic rings. The molecule has 30 heavy (non-hydrogen) atoms. The van der Waals surface area contributed by atoms with E-state index in [1.807, 2.05) is 50.2 Å². The molecule has 0 unspecified atom stereocenters. The van der Waals surface area contributed by atoms with Crippen LogP contribution in [0.3, 0.4) is 0 Å². The molecule has 0 aliphatic carbocycles. The molecule has 0 bridgehead atoms. The first-order valence-electron chi connectivity index (χ1n) is 9.38. The number of aryl methyl sites for hydroxylation is 2. The quantitative estimate of drug-likeness (QED) is 0.490. The lowest BCUT2D eigenvalue weighted by Crippen LogP contribution is -2.15. The molecule has 4 rings (SSSR count). The number of pyridine rings is 1. The normalized spacial score (nSPS) is 11.0. The van der Waals surface area contributed by atoms with E-state index in [-0.39, 0.29) is 11.5 Å². The molecule has 152 valence electrons. The van der Waals surface area contributed by atoms with Crippen LogP contribution in [0.2, 0.25) is 0 Å². The molecule has 9 heteroatoms. The highest BCUT2D eigenvalue weighted by Gasteiger charge is 2.08. The zero-order valence-corrected chi connectivity index (χ0v) is 17.5. The first kappa shape index (κ1) is 19.8. The van der Waals surface area contributed by atoms with Gasteiger partial charge in [-0.15, -0.1) is 11.8 Å². The van der Waals surface area contributed by atoms with Gasteiger partial charge in [-0.1, -0.05) is 24.3 Å². The summed E-state index contributed by atoms with van der Waals surface area (Å²) in [6.07, 6.45) is 1.79. The summed E-state index contributed by atoms with van der Waals surface area (Å²) >= 11 is 1.56. The van der Waals surface area contributed by atoms with Crippen LogP contribution in [0, 0.1) is 13.8 Å². The van der Waals surface area contributed by atoms with Crippen molar-refractivity contribution in [1.29, 1.82) is 0 Å². The zero-order chi connectivity index (χ0) is 21.1. The number of hydrogen-bond donors (Lipinski definition) is 2. The molecule has 0 fully saturated rings. The van der Waals surface area contributed by atoms with Crippen LogP contribution in [0.15, 0.2) is 53.5 Å². The molecule has 3 heterocycles. The Morgan fingerprint density at radius 2 is 1.87 bits per heavy atom. The smallest absolute Gasteiger partial charge is 0.258 e.